The zero-order valence-corrected chi connectivity index (χ0v) is 12.9. The minimum Gasteiger partial charge on any atom is -0.309 e. The Morgan fingerprint density at radius 1 is 1.04 bits per heavy atom. The summed E-state index contributed by atoms with van der Waals surface area (Å²) in [5, 5.41) is 2.83. The van der Waals surface area contributed by atoms with Crippen LogP contribution in [0.5, 0.6) is 0 Å². The van der Waals surface area contributed by atoms with E-state index in [0.717, 1.165) is 17.7 Å². The van der Waals surface area contributed by atoms with Crippen molar-refractivity contribution in [3.05, 3.63) is 71.3 Å². The highest BCUT2D eigenvalue weighted by atomic mass is 19.4. The standard InChI is InChI=1S/C17H17F6N/c1-3-5-12(6-4-2)10-24-11-13-7-14(16(18,19)20)9-15(8-13)17(21,22)23/h3-9,24H,1,10-11H2,2H3/b6-4-,12-5+. The van der Waals surface area contributed by atoms with Crippen LogP contribution in [-0.4, -0.2) is 6.54 Å². The summed E-state index contributed by atoms with van der Waals surface area (Å²) in [5.74, 6) is 0. The summed E-state index contributed by atoms with van der Waals surface area (Å²) in [7, 11) is 0. The lowest BCUT2D eigenvalue weighted by molar-refractivity contribution is -0.143. The monoisotopic (exact) mass is 349 g/mol. The van der Waals surface area contributed by atoms with Gasteiger partial charge < -0.3 is 5.32 Å². The summed E-state index contributed by atoms with van der Waals surface area (Å²) in [5.41, 5.74) is -1.92. The minimum absolute atomic E-state index is 0.0874. The molecule has 0 spiro atoms. The van der Waals surface area contributed by atoms with Gasteiger partial charge in [-0.05, 0) is 36.3 Å². The van der Waals surface area contributed by atoms with Crippen molar-refractivity contribution in [2.24, 2.45) is 0 Å². The lowest BCUT2D eigenvalue weighted by atomic mass is 10.0. The second-order valence-corrected chi connectivity index (χ2v) is 4.99. The Morgan fingerprint density at radius 2 is 1.58 bits per heavy atom. The number of rotatable bonds is 6. The highest BCUT2D eigenvalue weighted by Gasteiger charge is 2.36. The van der Waals surface area contributed by atoms with Crippen molar-refractivity contribution in [2.45, 2.75) is 25.8 Å². The van der Waals surface area contributed by atoms with E-state index in [9.17, 15) is 26.3 Å². The summed E-state index contributed by atoms with van der Waals surface area (Å²) in [4.78, 5) is 0. The molecule has 1 aromatic rings. The first-order valence-electron chi connectivity index (χ1n) is 7.01. The number of alkyl halides is 6. The zero-order chi connectivity index (χ0) is 18.4. The van der Waals surface area contributed by atoms with Gasteiger partial charge in [0, 0.05) is 13.1 Å². The van der Waals surface area contributed by atoms with Crippen LogP contribution >= 0.6 is 0 Å². The van der Waals surface area contributed by atoms with Crippen LogP contribution in [0.4, 0.5) is 26.3 Å². The van der Waals surface area contributed by atoms with Crippen molar-refractivity contribution in [3.63, 3.8) is 0 Å². The van der Waals surface area contributed by atoms with E-state index in [1.54, 1.807) is 31.2 Å². The lowest BCUT2D eigenvalue weighted by Gasteiger charge is -2.14. The predicted molar refractivity (Wildman–Crippen MR) is 81.2 cm³/mol. The third-order valence-corrected chi connectivity index (χ3v) is 3.02. The molecule has 1 nitrogen and oxygen atoms in total. The van der Waals surface area contributed by atoms with Gasteiger partial charge in [-0.3, -0.25) is 0 Å². The van der Waals surface area contributed by atoms with E-state index in [-0.39, 0.29) is 24.7 Å². The molecule has 0 aliphatic heterocycles. The largest absolute Gasteiger partial charge is 0.416 e. The lowest BCUT2D eigenvalue weighted by Crippen LogP contribution is -2.18. The van der Waals surface area contributed by atoms with Crippen molar-refractivity contribution < 1.29 is 26.3 Å². The number of nitrogens with one attached hydrogen (secondary N) is 1. The number of hydrogen-bond donors (Lipinski definition) is 1. The predicted octanol–water partition coefficient (Wildman–Crippen LogP) is 5.50. The fourth-order valence-electron chi connectivity index (χ4n) is 2.01. The highest BCUT2D eigenvalue weighted by Crippen LogP contribution is 2.36. The van der Waals surface area contributed by atoms with Crippen LogP contribution in [0.15, 0.2) is 54.7 Å². The van der Waals surface area contributed by atoms with Gasteiger partial charge in [-0.15, -0.1) is 0 Å². The molecule has 0 unspecified atom stereocenters. The molecule has 0 aliphatic carbocycles. The Balaban J connectivity index is 2.99. The first-order chi connectivity index (χ1) is 11.1. The average molecular weight is 349 g/mol. The van der Waals surface area contributed by atoms with Gasteiger partial charge in [0.25, 0.3) is 0 Å². The quantitative estimate of drug-likeness (QED) is 0.528. The molecule has 1 aromatic carbocycles. The Hall–Kier alpha value is -2.02. The van der Waals surface area contributed by atoms with Crippen LogP contribution in [0.2, 0.25) is 0 Å². The zero-order valence-electron chi connectivity index (χ0n) is 12.9. The maximum atomic E-state index is 12.8. The maximum Gasteiger partial charge on any atom is 0.416 e. The molecule has 1 rings (SSSR count). The molecule has 0 heterocycles. The van der Waals surface area contributed by atoms with E-state index in [1.807, 2.05) is 0 Å². The van der Waals surface area contributed by atoms with Gasteiger partial charge in [0.15, 0.2) is 0 Å². The highest BCUT2D eigenvalue weighted by molar-refractivity contribution is 5.34. The van der Waals surface area contributed by atoms with Gasteiger partial charge in [0.1, 0.15) is 0 Å². The Bertz CT molecular complexity index is 591. The Kier molecular flexibility index (Phi) is 6.83. The third-order valence-electron chi connectivity index (χ3n) is 3.02. The SMILES string of the molecule is C=C/C=C(\C=C/C)CNCc1cc(C(F)(F)F)cc(C(F)(F)F)c1. The van der Waals surface area contributed by atoms with E-state index in [1.165, 1.54) is 0 Å². The molecule has 0 aliphatic rings. The van der Waals surface area contributed by atoms with Crippen molar-refractivity contribution in [1.29, 1.82) is 0 Å². The smallest absolute Gasteiger partial charge is 0.309 e. The van der Waals surface area contributed by atoms with Gasteiger partial charge in [-0.25, -0.2) is 0 Å². The molecule has 0 radical (unpaired) electrons. The summed E-state index contributed by atoms with van der Waals surface area (Å²) in [6.07, 6.45) is -2.90. The second kappa shape index (κ2) is 8.19. The van der Waals surface area contributed by atoms with Gasteiger partial charge in [-0.1, -0.05) is 30.9 Å². The fraction of sp³-hybridized carbons (Fsp3) is 0.294. The summed E-state index contributed by atoms with van der Waals surface area (Å²) in [6.45, 7) is 5.49. The molecular formula is C17H17F6N. The number of hydrogen-bond acceptors (Lipinski definition) is 1. The second-order valence-electron chi connectivity index (χ2n) is 4.99. The van der Waals surface area contributed by atoms with E-state index in [0.29, 0.717) is 0 Å². The third kappa shape index (κ3) is 6.23. The molecule has 24 heavy (non-hydrogen) atoms. The topological polar surface area (TPSA) is 12.0 Å². The van der Waals surface area contributed by atoms with Gasteiger partial charge >= 0.3 is 12.4 Å². The van der Waals surface area contributed by atoms with Crippen LogP contribution in [0, 0.1) is 0 Å². The summed E-state index contributed by atoms with van der Waals surface area (Å²) >= 11 is 0. The number of halogens is 6. The van der Waals surface area contributed by atoms with Crippen molar-refractivity contribution >= 4 is 0 Å². The molecule has 0 atom stereocenters. The first kappa shape index (κ1) is 20.0. The van der Waals surface area contributed by atoms with Gasteiger partial charge in [0.2, 0.25) is 0 Å². The van der Waals surface area contributed by atoms with Gasteiger partial charge in [-0.2, -0.15) is 26.3 Å². The normalized spacial score (nSPS) is 13.5. The van der Waals surface area contributed by atoms with Gasteiger partial charge in [0.05, 0.1) is 11.1 Å². The summed E-state index contributed by atoms with van der Waals surface area (Å²) < 4.78 is 76.6. The van der Waals surface area contributed by atoms with E-state index < -0.39 is 23.5 Å². The summed E-state index contributed by atoms with van der Waals surface area (Å²) in [6, 6.07) is 1.55. The molecular weight excluding hydrogens is 332 g/mol. The fourth-order valence-corrected chi connectivity index (χ4v) is 2.01. The van der Waals surface area contributed by atoms with Crippen molar-refractivity contribution in [1.82, 2.24) is 5.32 Å². The molecule has 0 aromatic heterocycles. The molecule has 0 saturated carbocycles. The van der Waals surface area contributed by atoms with Crippen LogP contribution < -0.4 is 5.32 Å². The molecule has 1 N–H and O–H groups in total. The first-order valence-corrected chi connectivity index (χ1v) is 7.01. The Labute approximate surface area is 136 Å². The molecule has 0 amide bonds. The van der Waals surface area contributed by atoms with E-state index >= 15 is 0 Å². The Morgan fingerprint density at radius 3 is 2.00 bits per heavy atom. The number of allylic oxidation sites excluding steroid dienone is 3. The van der Waals surface area contributed by atoms with Crippen molar-refractivity contribution in [2.75, 3.05) is 6.54 Å². The maximum absolute atomic E-state index is 12.8. The van der Waals surface area contributed by atoms with E-state index in [4.69, 9.17) is 0 Å². The van der Waals surface area contributed by atoms with Crippen LogP contribution in [-0.2, 0) is 18.9 Å². The molecule has 0 fully saturated rings. The molecule has 7 heteroatoms. The van der Waals surface area contributed by atoms with Crippen LogP contribution in [0.3, 0.4) is 0 Å². The van der Waals surface area contributed by atoms with Crippen LogP contribution in [0.1, 0.15) is 23.6 Å². The van der Waals surface area contributed by atoms with E-state index in [2.05, 4.69) is 11.9 Å². The van der Waals surface area contributed by atoms with Crippen LogP contribution in [0.25, 0.3) is 0 Å². The molecule has 132 valence electrons. The molecule has 0 saturated heterocycles. The van der Waals surface area contributed by atoms with Crippen molar-refractivity contribution in [3.8, 4) is 0 Å². The minimum atomic E-state index is -4.84. The molecule has 0 bridgehead atoms. The average Bonchev–Trinajstić information content (AvgIpc) is 2.45. The number of benzene rings is 1.